The van der Waals surface area contributed by atoms with Crippen LogP contribution in [-0.2, 0) is 17.4 Å². The molecule has 52 heavy (non-hydrogen) atoms. The van der Waals surface area contributed by atoms with E-state index in [0.717, 1.165) is 43.0 Å². The minimum Gasteiger partial charge on any atom is -0.474 e. The molecule has 4 rings (SSSR count). The zero-order valence-electron chi connectivity index (χ0n) is 30.3. The topological polar surface area (TPSA) is 106 Å². The Morgan fingerprint density at radius 2 is 1.75 bits per heavy atom. The van der Waals surface area contributed by atoms with Crippen molar-refractivity contribution in [1.82, 2.24) is 25.2 Å². The molecule has 3 aromatic rings. The minimum atomic E-state index is -4.56. The number of ether oxygens (including phenoxy) is 1. The summed E-state index contributed by atoms with van der Waals surface area (Å²) < 4.78 is 44.4. The van der Waals surface area contributed by atoms with Crippen LogP contribution in [0, 0.1) is 5.92 Å². The first-order chi connectivity index (χ1) is 25.2. The van der Waals surface area contributed by atoms with Crippen molar-refractivity contribution in [2.24, 2.45) is 11.7 Å². The standard InChI is InChI=1S/C30H31ClF3N5O2.C10H23N/c31-24-9-7-22(8-10-24)4-3-5-23(16-25-6-1-2-13-36-25)18-35-19-26(20-40)39-14-11-27(12-15-39)41-29-17-28(30(32,33)34)37-21-38-29;1-2-3-4-5-6-7-8-9-10-11/h1-4,6-10,13,17,21,23,27,35H,5,11-12,14-16,18-19H2;2-11H2,1H3/b4-3+;. The molecule has 3 heterocycles. The van der Waals surface area contributed by atoms with Crippen LogP contribution in [0.25, 0.3) is 6.08 Å². The van der Waals surface area contributed by atoms with Gasteiger partial charge < -0.3 is 20.7 Å². The van der Waals surface area contributed by atoms with E-state index in [9.17, 15) is 18.0 Å². The lowest BCUT2D eigenvalue weighted by atomic mass is 9.98. The van der Waals surface area contributed by atoms with Gasteiger partial charge >= 0.3 is 6.18 Å². The molecule has 1 saturated heterocycles. The van der Waals surface area contributed by atoms with Crippen LogP contribution in [0.5, 0.6) is 5.88 Å². The number of carbonyl (C=O) groups excluding carboxylic acids is 1. The number of nitrogens with zero attached hydrogens (tertiary/aromatic N) is 4. The molecule has 0 bridgehead atoms. The van der Waals surface area contributed by atoms with Gasteiger partial charge in [0.2, 0.25) is 5.88 Å². The van der Waals surface area contributed by atoms with Crippen molar-refractivity contribution in [3.8, 4) is 5.88 Å². The second-order valence-electron chi connectivity index (χ2n) is 13.1. The molecule has 0 spiro atoms. The molecule has 1 aromatic carbocycles. The quantitative estimate of drug-likeness (QED) is 0.0875. The van der Waals surface area contributed by atoms with Crippen molar-refractivity contribution in [3.63, 3.8) is 0 Å². The Balaban J connectivity index is 0.000000573. The summed E-state index contributed by atoms with van der Waals surface area (Å²) in [6.07, 6.45) is 15.6. The van der Waals surface area contributed by atoms with Crippen molar-refractivity contribution in [2.45, 2.75) is 96.3 Å². The number of piperidine rings is 1. The molecule has 3 N–H and O–H groups in total. The largest absolute Gasteiger partial charge is 0.474 e. The van der Waals surface area contributed by atoms with E-state index in [-0.39, 0.29) is 17.9 Å². The molecule has 284 valence electrons. The predicted octanol–water partition coefficient (Wildman–Crippen LogP) is 8.74. The van der Waals surface area contributed by atoms with Crippen LogP contribution in [0.15, 0.2) is 72.8 Å². The molecule has 1 unspecified atom stereocenters. The minimum absolute atomic E-state index is 0.109. The van der Waals surface area contributed by atoms with Crippen molar-refractivity contribution >= 4 is 23.6 Å². The van der Waals surface area contributed by atoms with Gasteiger partial charge in [0.1, 0.15) is 24.1 Å². The summed E-state index contributed by atoms with van der Waals surface area (Å²) in [4.78, 5) is 25.3. The summed E-state index contributed by atoms with van der Waals surface area (Å²) in [5.74, 6) is 2.20. The van der Waals surface area contributed by atoms with Crippen LogP contribution < -0.4 is 15.8 Å². The van der Waals surface area contributed by atoms with Gasteiger partial charge in [0, 0.05) is 55.5 Å². The monoisotopic (exact) mass is 742 g/mol. The number of nitrogens with two attached hydrogens (primary N) is 1. The highest BCUT2D eigenvalue weighted by molar-refractivity contribution is 6.30. The Hall–Kier alpha value is -3.76. The number of nitrogens with one attached hydrogen (secondary N) is 1. The molecule has 8 nitrogen and oxygen atoms in total. The number of unbranched alkanes of at least 4 members (excludes halogenated alkanes) is 7. The lowest BCUT2D eigenvalue weighted by molar-refractivity contribution is -0.141. The normalized spacial score (nSPS) is 14.1. The number of hydrogen-bond donors (Lipinski definition) is 2. The molecule has 1 atom stereocenters. The van der Waals surface area contributed by atoms with Crippen LogP contribution in [0.4, 0.5) is 13.2 Å². The summed E-state index contributed by atoms with van der Waals surface area (Å²) in [5, 5.41) is 4.10. The van der Waals surface area contributed by atoms with E-state index in [0.29, 0.717) is 49.7 Å². The zero-order valence-corrected chi connectivity index (χ0v) is 31.1. The third kappa shape index (κ3) is 17.2. The molecule has 0 saturated carbocycles. The molecule has 0 amide bonds. The fraction of sp³-hybridized carbons (Fsp3) is 0.525. The third-order valence-corrected chi connectivity index (χ3v) is 9.07. The van der Waals surface area contributed by atoms with Gasteiger partial charge in [-0.2, -0.15) is 13.2 Å². The molecular formula is C40H54ClF3N6O2. The molecule has 1 fully saturated rings. The maximum Gasteiger partial charge on any atom is 0.433 e. The van der Waals surface area contributed by atoms with Gasteiger partial charge in [0.05, 0.1) is 0 Å². The van der Waals surface area contributed by atoms with Crippen LogP contribution in [0.2, 0.25) is 5.02 Å². The number of rotatable bonds is 20. The van der Waals surface area contributed by atoms with Gasteiger partial charge in [-0.3, -0.25) is 4.98 Å². The maximum absolute atomic E-state index is 12.9. The highest BCUT2D eigenvalue weighted by Crippen LogP contribution is 2.29. The van der Waals surface area contributed by atoms with Crippen LogP contribution in [0.1, 0.15) is 94.5 Å². The van der Waals surface area contributed by atoms with Gasteiger partial charge in [-0.05, 0) is 68.1 Å². The van der Waals surface area contributed by atoms with Crippen LogP contribution in [-0.4, -0.2) is 64.6 Å². The Labute approximate surface area is 312 Å². The summed E-state index contributed by atoms with van der Waals surface area (Å²) in [5.41, 5.74) is 6.93. The molecule has 2 aromatic heterocycles. The number of benzene rings is 1. The smallest absolute Gasteiger partial charge is 0.433 e. The van der Waals surface area contributed by atoms with Crippen molar-refractivity contribution in [2.75, 3.05) is 32.7 Å². The van der Waals surface area contributed by atoms with Crippen molar-refractivity contribution in [3.05, 3.63) is 94.8 Å². The van der Waals surface area contributed by atoms with E-state index in [4.69, 9.17) is 22.1 Å². The molecule has 1 aliphatic heterocycles. The summed E-state index contributed by atoms with van der Waals surface area (Å²) in [7, 11) is 0. The van der Waals surface area contributed by atoms with Gasteiger partial charge in [-0.1, -0.05) is 93.8 Å². The summed E-state index contributed by atoms with van der Waals surface area (Å²) in [6.45, 7) is 5.20. The number of allylic oxidation sites excluding steroid dienone is 1. The first-order valence-electron chi connectivity index (χ1n) is 18.5. The average molecular weight is 743 g/mol. The van der Waals surface area contributed by atoms with Gasteiger partial charge in [0.15, 0.2) is 5.69 Å². The highest BCUT2D eigenvalue weighted by atomic mass is 35.5. The Morgan fingerprint density at radius 1 is 1.04 bits per heavy atom. The average Bonchev–Trinajstić information content (AvgIpc) is 3.15. The molecular weight excluding hydrogens is 689 g/mol. The second-order valence-corrected chi connectivity index (χ2v) is 13.5. The number of pyridine rings is 1. The first-order valence-corrected chi connectivity index (χ1v) is 18.9. The fourth-order valence-electron chi connectivity index (χ4n) is 5.88. The number of likely N-dealkylation sites (tertiary alicyclic amines) is 1. The lowest BCUT2D eigenvalue weighted by Crippen LogP contribution is -2.41. The lowest BCUT2D eigenvalue weighted by Gasteiger charge is -2.33. The number of halogens is 4. The Kier molecular flexibility index (Phi) is 20.1. The van der Waals surface area contributed by atoms with Crippen LogP contribution >= 0.6 is 11.6 Å². The van der Waals surface area contributed by atoms with Gasteiger partial charge in [-0.15, -0.1) is 0 Å². The molecule has 1 aliphatic rings. The van der Waals surface area contributed by atoms with Gasteiger partial charge in [0.25, 0.3) is 0 Å². The van der Waals surface area contributed by atoms with E-state index in [1.807, 2.05) is 47.4 Å². The summed E-state index contributed by atoms with van der Waals surface area (Å²) in [6, 6.07) is 14.3. The summed E-state index contributed by atoms with van der Waals surface area (Å²) >= 11 is 5.98. The zero-order chi connectivity index (χ0) is 37.4. The van der Waals surface area contributed by atoms with E-state index in [1.54, 1.807) is 6.20 Å². The van der Waals surface area contributed by atoms with Crippen LogP contribution in [0.3, 0.4) is 0 Å². The highest BCUT2D eigenvalue weighted by Gasteiger charge is 2.33. The SMILES string of the molecule is CCCCCCCCCCN.O=C=C(CNCC(C/C=C/c1ccc(Cl)cc1)Cc1ccccn1)N1CCC(Oc2cc(C(F)(F)F)ncn2)CC1. The van der Waals surface area contributed by atoms with E-state index in [2.05, 4.69) is 45.3 Å². The van der Waals surface area contributed by atoms with Crippen molar-refractivity contribution in [1.29, 1.82) is 0 Å². The number of alkyl halides is 3. The van der Waals surface area contributed by atoms with E-state index >= 15 is 0 Å². The maximum atomic E-state index is 12.9. The Morgan fingerprint density at radius 3 is 2.38 bits per heavy atom. The number of hydrogen-bond acceptors (Lipinski definition) is 8. The predicted molar refractivity (Wildman–Crippen MR) is 203 cm³/mol. The van der Waals surface area contributed by atoms with E-state index < -0.39 is 11.9 Å². The third-order valence-electron chi connectivity index (χ3n) is 8.82. The molecule has 0 aliphatic carbocycles. The Bertz CT molecular complexity index is 1470. The molecule has 12 heteroatoms. The first kappa shape index (κ1) is 42.7. The second kappa shape index (κ2) is 24.5. The number of aromatic nitrogens is 3. The van der Waals surface area contributed by atoms with Crippen molar-refractivity contribution < 1.29 is 22.7 Å². The van der Waals surface area contributed by atoms with E-state index in [1.165, 1.54) is 51.4 Å². The van der Waals surface area contributed by atoms with Gasteiger partial charge in [-0.25, -0.2) is 14.8 Å². The molecule has 0 radical (unpaired) electrons. The fourth-order valence-corrected chi connectivity index (χ4v) is 6.01.